The molecular formula is C16H23FN2O. The first kappa shape index (κ1) is 15.0. The van der Waals surface area contributed by atoms with Crippen LogP contribution in [0.4, 0.5) is 4.39 Å². The molecule has 0 aromatic heterocycles. The first-order valence-electron chi connectivity index (χ1n) is 7.35. The maximum atomic E-state index is 13.4. The zero-order valence-electron chi connectivity index (χ0n) is 12.2. The van der Waals surface area contributed by atoms with Crippen molar-refractivity contribution >= 4 is 5.91 Å². The Hall–Kier alpha value is -1.42. The van der Waals surface area contributed by atoms with E-state index >= 15 is 0 Å². The second kappa shape index (κ2) is 6.35. The highest BCUT2D eigenvalue weighted by Crippen LogP contribution is 2.24. The van der Waals surface area contributed by atoms with Crippen LogP contribution < -0.4 is 5.73 Å². The molecule has 1 aromatic rings. The summed E-state index contributed by atoms with van der Waals surface area (Å²) < 4.78 is 13.4. The van der Waals surface area contributed by atoms with Crippen LogP contribution in [0.15, 0.2) is 18.2 Å². The molecular weight excluding hydrogens is 255 g/mol. The third-order valence-electron chi connectivity index (χ3n) is 4.21. The van der Waals surface area contributed by atoms with E-state index in [0.29, 0.717) is 12.1 Å². The Morgan fingerprint density at radius 3 is 2.60 bits per heavy atom. The van der Waals surface area contributed by atoms with Gasteiger partial charge < -0.3 is 10.6 Å². The Labute approximate surface area is 120 Å². The normalized spacial score (nSPS) is 22.6. The van der Waals surface area contributed by atoms with Crippen molar-refractivity contribution in [3.8, 4) is 0 Å². The van der Waals surface area contributed by atoms with E-state index in [-0.39, 0.29) is 23.8 Å². The fourth-order valence-electron chi connectivity index (χ4n) is 2.96. The Morgan fingerprint density at radius 2 is 2.00 bits per heavy atom. The van der Waals surface area contributed by atoms with Gasteiger partial charge in [0.05, 0.1) is 0 Å². The Bertz CT molecular complexity index is 481. The molecule has 2 rings (SSSR count). The summed E-state index contributed by atoms with van der Waals surface area (Å²) in [4.78, 5) is 14.5. The molecule has 1 aliphatic carbocycles. The number of hydrogen-bond acceptors (Lipinski definition) is 2. The highest BCUT2D eigenvalue weighted by Gasteiger charge is 2.28. The van der Waals surface area contributed by atoms with Crippen LogP contribution in [0.2, 0.25) is 0 Å². The lowest BCUT2D eigenvalue weighted by Gasteiger charge is -2.35. The van der Waals surface area contributed by atoms with E-state index < -0.39 is 0 Å². The molecule has 0 heterocycles. The van der Waals surface area contributed by atoms with Crippen LogP contribution in [0.3, 0.4) is 0 Å². The molecule has 3 nitrogen and oxygen atoms in total. The van der Waals surface area contributed by atoms with Crippen LogP contribution >= 0.6 is 0 Å². The van der Waals surface area contributed by atoms with Crippen molar-refractivity contribution < 1.29 is 9.18 Å². The Morgan fingerprint density at radius 1 is 1.35 bits per heavy atom. The summed E-state index contributed by atoms with van der Waals surface area (Å²) in [6, 6.07) is 4.88. The average Bonchev–Trinajstić information content (AvgIpc) is 2.44. The van der Waals surface area contributed by atoms with E-state index in [4.69, 9.17) is 5.73 Å². The van der Waals surface area contributed by atoms with Gasteiger partial charge in [-0.3, -0.25) is 4.79 Å². The predicted octanol–water partition coefficient (Wildman–Crippen LogP) is 2.87. The van der Waals surface area contributed by atoms with E-state index in [2.05, 4.69) is 0 Å². The molecule has 1 aromatic carbocycles. The molecule has 0 saturated heterocycles. The smallest absolute Gasteiger partial charge is 0.254 e. The van der Waals surface area contributed by atoms with Crippen LogP contribution in [-0.4, -0.2) is 29.4 Å². The van der Waals surface area contributed by atoms with Gasteiger partial charge in [0.15, 0.2) is 0 Å². The standard InChI is InChI=1S/C16H23FN2O/c1-3-19(14-8-6-13(18)7-9-14)16(20)15-10-12(17)5-4-11(15)2/h4-5,10,13-14H,3,6-9,18H2,1-2H3. The van der Waals surface area contributed by atoms with E-state index in [9.17, 15) is 9.18 Å². The van der Waals surface area contributed by atoms with Gasteiger partial charge in [-0.1, -0.05) is 6.07 Å². The summed E-state index contributed by atoms with van der Waals surface area (Å²) in [5.74, 6) is -0.425. The van der Waals surface area contributed by atoms with Gasteiger partial charge >= 0.3 is 0 Å². The monoisotopic (exact) mass is 278 g/mol. The maximum Gasteiger partial charge on any atom is 0.254 e. The fraction of sp³-hybridized carbons (Fsp3) is 0.562. The second-order valence-corrected chi connectivity index (χ2v) is 5.62. The summed E-state index contributed by atoms with van der Waals surface area (Å²) in [5.41, 5.74) is 7.21. The molecule has 0 spiro atoms. The zero-order valence-corrected chi connectivity index (χ0v) is 12.2. The van der Waals surface area contributed by atoms with E-state index in [1.807, 2.05) is 18.7 Å². The Balaban J connectivity index is 2.18. The van der Waals surface area contributed by atoms with Gasteiger partial charge in [0.1, 0.15) is 5.82 Å². The van der Waals surface area contributed by atoms with Crippen molar-refractivity contribution in [2.24, 2.45) is 5.73 Å². The van der Waals surface area contributed by atoms with Crippen LogP contribution in [0.25, 0.3) is 0 Å². The van der Waals surface area contributed by atoms with Crippen molar-refractivity contribution in [1.82, 2.24) is 4.90 Å². The summed E-state index contributed by atoms with van der Waals surface area (Å²) in [6.45, 7) is 4.47. The minimum Gasteiger partial charge on any atom is -0.336 e. The van der Waals surface area contributed by atoms with E-state index in [1.165, 1.54) is 12.1 Å². The first-order valence-corrected chi connectivity index (χ1v) is 7.35. The summed E-state index contributed by atoms with van der Waals surface area (Å²) in [7, 11) is 0. The number of nitrogens with zero attached hydrogens (tertiary/aromatic N) is 1. The SMILES string of the molecule is CCN(C(=O)c1cc(F)ccc1C)C1CCC(N)CC1. The molecule has 0 unspecified atom stereocenters. The lowest BCUT2D eigenvalue weighted by atomic mass is 9.90. The largest absolute Gasteiger partial charge is 0.336 e. The number of carbonyl (C=O) groups is 1. The fourth-order valence-corrected chi connectivity index (χ4v) is 2.96. The van der Waals surface area contributed by atoms with Crippen molar-refractivity contribution in [2.75, 3.05) is 6.54 Å². The molecule has 2 N–H and O–H groups in total. The van der Waals surface area contributed by atoms with Gasteiger partial charge in [-0.05, 0) is 57.2 Å². The first-order chi connectivity index (χ1) is 9.52. The van der Waals surface area contributed by atoms with Gasteiger partial charge in [-0.2, -0.15) is 0 Å². The number of carbonyl (C=O) groups excluding carboxylic acids is 1. The molecule has 1 fully saturated rings. The van der Waals surface area contributed by atoms with Gasteiger partial charge in [-0.25, -0.2) is 4.39 Å². The molecule has 1 amide bonds. The zero-order chi connectivity index (χ0) is 14.7. The van der Waals surface area contributed by atoms with Crippen molar-refractivity contribution in [3.05, 3.63) is 35.1 Å². The van der Waals surface area contributed by atoms with Crippen LogP contribution in [0, 0.1) is 12.7 Å². The number of nitrogens with two attached hydrogens (primary N) is 1. The van der Waals surface area contributed by atoms with E-state index in [0.717, 1.165) is 31.2 Å². The summed E-state index contributed by atoms with van der Waals surface area (Å²) in [6.07, 6.45) is 3.79. The summed E-state index contributed by atoms with van der Waals surface area (Å²) in [5, 5.41) is 0. The molecule has 1 aliphatic rings. The summed E-state index contributed by atoms with van der Waals surface area (Å²) >= 11 is 0. The highest BCUT2D eigenvalue weighted by atomic mass is 19.1. The number of amides is 1. The highest BCUT2D eigenvalue weighted by molar-refractivity contribution is 5.95. The molecule has 20 heavy (non-hydrogen) atoms. The van der Waals surface area contributed by atoms with Crippen molar-refractivity contribution in [2.45, 2.75) is 51.6 Å². The number of aryl methyl sites for hydroxylation is 1. The quantitative estimate of drug-likeness (QED) is 0.924. The minimum atomic E-state index is -0.360. The number of hydrogen-bond donors (Lipinski definition) is 1. The molecule has 0 aliphatic heterocycles. The third-order valence-corrected chi connectivity index (χ3v) is 4.21. The van der Waals surface area contributed by atoms with Crippen LogP contribution in [-0.2, 0) is 0 Å². The second-order valence-electron chi connectivity index (χ2n) is 5.62. The van der Waals surface area contributed by atoms with Crippen LogP contribution in [0.5, 0.6) is 0 Å². The molecule has 110 valence electrons. The van der Waals surface area contributed by atoms with Crippen molar-refractivity contribution in [3.63, 3.8) is 0 Å². The number of halogens is 1. The van der Waals surface area contributed by atoms with Crippen LogP contribution in [0.1, 0.15) is 48.5 Å². The van der Waals surface area contributed by atoms with Gasteiger partial charge in [0.2, 0.25) is 0 Å². The number of benzene rings is 1. The van der Waals surface area contributed by atoms with E-state index in [1.54, 1.807) is 6.07 Å². The molecule has 1 saturated carbocycles. The van der Waals surface area contributed by atoms with Crippen molar-refractivity contribution in [1.29, 1.82) is 0 Å². The molecule has 0 bridgehead atoms. The lowest BCUT2D eigenvalue weighted by molar-refractivity contribution is 0.0639. The number of rotatable bonds is 3. The minimum absolute atomic E-state index is 0.0648. The third kappa shape index (κ3) is 3.18. The predicted molar refractivity (Wildman–Crippen MR) is 78.1 cm³/mol. The lowest BCUT2D eigenvalue weighted by Crippen LogP contribution is -2.44. The molecule has 4 heteroatoms. The average molecular weight is 278 g/mol. The Kier molecular flexibility index (Phi) is 4.76. The van der Waals surface area contributed by atoms with Gasteiger partial charge in [0.25, 0.3) is 5.91 Å². The maximum absolute atomic E-state index is 13.4. The molecule has 0 radical (unpaired) electrons. The molecule has 0 atom stereocenters. The van der Waals surface area contributed by atoms with Gasteiger partial charge in [0, 0.05) is 24.2 Å². The topological polar surface area (TPSA) is 46.3 Å². The van der Waals surface area contributed by atoms with Gasteiger partial charge in [-0.15, -0.1) is 0 Å².